The lowest BCUT2D eigenvalue weighted by Gasteiger charge is -2.31. The average molecular weight is 1100 g/mol. The third-order valence-corrected chi connectivity index (χ3v) is 17.0. The zero-order valence-corrected chi connectivity index (χ0v) is 50.6. The highest BCUT2D eigenvalue weighted by atomic mass is 19.1. The summed E-state index contributed by atoms with van der Waals surface area (Å²) in [6, 6.07) is 79.7. The standard InChI is InChI=1S/C80H74F2N2/c1-77(2,3)57-27-19-23-53(47-57)63-41-45-69(75(81)73(63)55-25-21-29-59(49-55)79(7,8)9)83(61-31-15-13-16-32-61)67-43-37-51-36-40-66-68(44-38-52-35-39-65(67)71(51)72(52)66)84(62-33-17-14-18-34-62)70-46-42-64(54-24-20-28-58(48-54)78(4,5)6)74(76(70)82)56-26-22-30-60(50-56)80(10,11)12/h13-50H,1-12H3. The molecule has 418 valence electrons. The van der Waals surface area contributed by atoms with Crippen LogP contribution in [0.5, 0.6) is 0 Å². The van der Waals surface area contributed by atoms with Crippen LogP contribution in [0.15, 0.2) is 231 Å². The van der Waals surface area contributed by atoms with Gasteiger partial charge in [0.2, 0.25) is 0 Å². The second-order valence-corrected chi connectivity index (χ2v) is 26.9. The van der Waals surface area contributed by atoms with Gasteiger partial charge in [-0.3, -0.25) is 0 Å². The highest BCUT2D eigenvalue weighted by molar-refractivity contribution is 6.28. The van der Waals surface area contributed by atoms with E-state index in [4.69, 9.17) is 0 Å². The third kappa shape index (κ3) is 10.2. The number of para-hydroxylation sites is 2. The Morgan fingerprint density at radius 3 is 0.905 bits per heavy atom. The van der Waals surface area contributed by atoms with Crippen LogP contribution in [0.4, 0.5) is 42.9 Å². The fourth-order valence-electron chi connectivity index (χ4n) is 12.2. The van der Waals surface area contributed by atoms with Crippen LogP contribution in [0.2, 0.25) is 0 Å². The number of anilines is 6. The Labute approximate surface area is 496 Å². The van der Waals surface area contributed by atoms with E-state index in [-0.39, 0.29) is 33.3 Å². The van der Waals surface area contributed by atoms with E-state index in [0.29, 0.717) is 22.5 Å². The lowest BCUT2D eigenvalue weighted by Crippen LogP contribution is -2.14. The molecule has 12 aromatic rings. The van der Waals surface area contributed by atoms with Crippen molar-refractivity contribution in [3.63, 3.8) is 0 Å². The number of hydrogen-bond acceptors (Lipinski definition) is 2. The summed E-state index contributed by atoms with van der Waals surface area (Å²) in [5.41, 5.74) is 14.6. The summed E-state index contributed by atoms with van der Waals surface area (Å²) in [6.45, 7) is 26.5. The monoisotopic (exact) mass is 1100 g/mol. The summed E-state index contributed by atoms with van der Waals surface area (Å²) in [5, 5.41) is 6.11. The van der Waals surface area contributed by atoms with Crippen molar-refractivity contribution < 1.29 is 8.78 Å². The molecule has 0 saturated heterocycles. The molecule has 0 aromatic heterocycles. The van der Waals surface area contributed by atoms with Gasteiger partial charge in [-0.25, -0.2) is 8.78 Å². The predicted molar refractivity (Wildman–Crippen MR) is 356 cm³/mol. The molecule has 0 N–H and O–H groups in total. The molecule has 0 aliphatic rings. The van der Waals surface area contributed by atoms with Gasteiger partial charge in [-0.2, -0.15) is 0 Å². The highest BCUT2D eigenvalue weighted by Crippen LogP contribution is 2.52. The van der Waals surface area contributed by atoms with Crippen LogP contribution in [0, 0.1) is 11.6 Å². The van der Waals surface area contributed by atoms with Crippen LogP contribution < -0.4 is 9.80 Å². The first-order chi connectivity index (χ1) is 40.0. The molecule has 0 spiro atoms. The Bertz CT molecular complexity index is 4150. The average Bonchev–Trinajstić information content (AvgIpc) is 1.43. The molecule has 0 atom stereocenters. The minimum absolute atomic E-state index is 0.107. The lowest BCUT2D eigenvalue weighted by molar-refractivity contribution is 0.590. The van der Waals surface area contributed by atoms with Gasteiger partial charge in [0.05, 0.1) is 22.7 Å². The quantitative estimate of drug-likeness (QED) is 0.126. The summed E-state index contributed by atoms with van der Waals surface area (Å²) >= 11 is 0. The van der Waals surface area contributed by atoms with Gasteiger partial charge in [0.1, 0.15) is 0 Å². The van der Waals surface area contributed by atoms with Gasteiger partial charge in [-0.1, -0.05) is 265 Å². The van der Waals surface area contributed by atoms with Crippen molar-refractivity contribution in [2.45, 2.75) is 105 Å². The molecule has 0 amide bonds. The molecule has 0 aliphatic heterocycles. The number of halogens is 2. The molecular formula is C80H74F2N2. The fraction of sp³-hybridized carbons (Fsp3) is 0.200. The van der Waals surface area contributed by atoms with Gasteiger partial charge in [0.25, 0.3) is 0 Å². The maximum Gasteiger partial charge on any atom is 0.155 e. The van der Waals surface area contributed by atoms with E-state index >= 15 is 8.78 Å². The maximum atomic E-state index is 18.9. The summed E-state index contributed by atoms with van der Waals surface area (Å²) in [4.78, 5) is 4.18. The molecule has 12 rings (SSSR count). The zero-order chi connectivity index (χ0) is 59.0. The molecular weight excluding hydrogens is 1030 g/mol. The van der Waals surface area contributed by atoms with E-state index in [1.165, 1.54) is 11.1 Å². The Hall–Kier alpha value is -8.86. The molecule has 0 saturated carbocycles. The summed E-state index contributed by atoms with van der Waals surface area (Å²) in [5.74, 6) is -0.621. The van der Waals surface area contributed by atoms with E-state index in [2.05, 4.69) is 263 Å². The molecule has 12 aromatic carbocycles. The molecule has 4 heteroatoms. The van der Waals surface area contributed by atoms with Gasteiger partial charge in [0.15, 0.2) is 11.6 Å². The van der Waals surface area contributed by atoms with Crippen molar-refractivity contribution in [2.24, 2.45) is 0 Å². The van der Waals surface area contributed by atoms with Gasteiger partial charge < -0.3 is 9.80 Å². The summed E-state index contributed by atoms with van der Waals surface area (Å²) in [6.07, 6.45) is 0. The molecule has 0 unspecified atom stereocenters. The Morgan fingerprint density at radius 1 is 0.274 bits per heavy atom. The van der Waals surface area contributed by atoms with E-state index < -0.39 is 0 Å². The van der Waals surface area contributed by atoms with Crippen molar-refractivity contribution in [2.75, 3.05) is 9.80 Å². The van der Waals surface area contributed by atoms with Crippen molar-refractivity contribution in [3.8, 4) is 44.5 Å². The van der Waals surface area contributed by atoms with E-state index in [9.17, 15) is 0 Å². The van der Waals surface area contributed by atoms with Crippen molar-refractivity contribution in [1.29, 1.82) is 0 Å². The predicted octanol–water partition coefficient (Wildman–Crippen LogP) is 23.7. The molecule has 2 nitrogen and oxygen atoms in total. The van der Waals surface area contributed by atoms with E-state index in [0.717, 1.165) is 99.6 Å². The first-order valence-electron chi connectivity index (χ1n) is 29.5. The van der Waals surface area contributed by atoms with Crippen molar-refractivity contribution >= 4 is 66.4 Å². The first kappa shape index (κ1) is 55.7. The van der Waals surface area contributed by atoms with Crippen LogP contribution in [0.3, 0.4) is 0 Å². The molecule has 84 heavy (non-hydrogen) atoms. The minimum Gasteiger partial charge on any atom is -0.307 e. The van der Waals surface area contributed by atoms with Crippen LogP contribution in [0.1, 0.15) is 105 Å². The first-order valence-corrected chi connectivity index (χ1v) is 29.5. The van der Waals surface area contributed by atoms with Gasteiger partial charge >= 0.3 is 0 Å². The number of benzene rings is 12. The molecule has 0 fully saturated rings. The maximum absolute atomic E-state index is 18.9. The van der Waals surface area contributed by atoms with Crippen molar-refractivity contribution in [1.82, 2.24) is 0 Å². The normalized spacial score (nSPS) is 12.4. The highest BCUT2D eigenvalue weighted by Gasteiger charge is 2.30. The zero-order valence-electron chi connectivity index (χ0n) is 50.6. The van der Waals surface area contributed by atoms with Crippen LogP contribution in [-0.4, -0.2) is 0 Å². The van der Waals surface area contributed by atoms with E-state index in [1.807, 2.05) is 60.7 Å². The second kappa shape index (κ2) is 21.1. The van der Waals surface area contributed by atoms with Crippen LogP contribution in [-0.2, 0) is 21.7 Å². The van der Waals surface area contributed by atoms with Crippen LogP contribution in [0.25, 0.3) is 76.8 Å². The summed E-state index contributed by atoms with van der Waals surface area (Å²) in [7, 11) is 0. The van der Waals surface area contributed by atoms with E-state index in [1.54, 1.807) is 0 Å². The lowest BCUT2D eigenvalue weighted by atomic mass is 9.83. The molecule has 0 heterocycles. The Kier molecular flexibility index (Phi) is 14.0. The smallest absolute Gasteiger partial charge is 0.155 e. The number of rotatable bonds is 10. The SMILES string of the molecule is CC(C)(C)c1cccc(-c2ccc(N(c3ccccc3)c3ccc4ccc5c(N(c6ccccc6)c6ccc(-c7cccc(C(C)(C)C)c7)c(-c7cccc(C(C)(C)C)c7)c6F)ccc6ccc3c4c65)c(F)c2-c2cccc(C(C)(C)C)c2)c1. The number of nitrogens with zero attached hydrogens (tertiary/aromatic N) is 2. The molecule has 0 aliphatic carbocycles. The topological polar surface area (TPSA) is 6.48 Å². The second-order valence-electron chi connectivity index (χ2n) is 26.9. The number of hydrogen-bond donors (Lipinski definition) is 0. The van der Waals surface area contributed by atoms with Gasteiger partial charge in [0, 0.05) is 33.3 Å². The summed E-state index contributed by atoms with van der Waals surface area (Å²) < 4.78 is 37.8. The molecule has 0 radical (unpaired) electrons. The van der Waals surface area contributed by atoms with Gasteiger partial charge in [-0.15, -0.1) is 0 Å². The third-order valence-electron chi connectivity index (χ3n) is 17.0. The fourth-order valence-corrected chi connectivity index (χ4v) is 12.2. The largest absolute Gasteiger partial charge is 0.307 e. The minimum atomic E-state index is -0.311. The van der Waals surface area contributed by atoms with Crippen LogP contribution >= 0.6 is 0 Å². The van der Waals surface area contributed by atoms with Crippen molar-refractivity contribution in [3.05, 3.63) is 264 Å². The Balaban J connectivity index is 1.09. The molecule has 0 bridgehead atoms. The Morgan fingerprint density at radius 2 is 0.571 bits per heavy atom. The van der Waals surface area contributed by atoms with Gasteiger partial charge in [-0.05, 0) is 147 Å².